The summed E-state index contributed by atoms with van der Waals surface area (Å²) in [4.78, 5) is 39.5. The number of nitrogens with one attached hydrogen (secondary N) is 1. The number of hydrogen-bond acceptors (Lipinski definition) is 10. The zero-order chi connectivity index (χ0) is 24.5. The molecule has 2 aliphatic rings. The molecule has 180 valence electrons. The van der Waals surface area contributed by atoms with Crippen molar-refractivity contribution in [3.63, 3.8) is 0 Å². The fourth-order valence-corrected chi connectivity index (χ4v) is 6.93. The van der Waals surface area contributed by atoms with E-state index >= 15 is 0 Å². The van der Waals surface area contributed by atoms with Crippen LogP contribution in [0.3, 0.4) is 0 Å². The highest BCUT2D eigenvalue weighted by molar-refractivity contribution is 8.01. The molecular weight excluding hydrogens is 504 g/mol. The third-order valence-corrected chi connectivity index (χ3v) is 8.98. The molecule has 2 aliphatic heterocycles. The summed E-state index contributed by atoms with van der Waals surface area (Å²) < 4.78 is 19.4. The number of carbonyl (C=O) groups excluding carboxylic acids is 2. The van der Waals surface area contributed by atoms with Gasteiger partial charge in [-0.05, 0) is 28.1 Å². The van der Waals surface area contributed by atoms with E-state index in [0.717, 1.165) is 4.90 Å². The van der Waals surface area contributed by atoms with Crippen LogP contribution in [0.15, 0.2) is 51.7 Å². The number of benzene rings is 1. The highest BCUT2D eigenvalue weighted by Gasteiger charge is 2.66. The van der Waals surface area contributed by atoms with E-state index in [0.29, 0.717) is 21.4 Å². The number of aryl methyl sites for hydroxylation is 1. The van der Waals surface area contributed by atoms with Crippen LogP contribution in [0, 0.1) is 0 Å². The van der Waals surface area contributed by atoms with Gasteiger partial charge in [-0.2, -0.15) is 0 Å². The number of nitrogens with zero attached hydrogens (tertiary/aromatic N) is 5. The van der Waals surface area contributed by atoms with Gasteiger partial charge < -0.3 is 15.2 Å². The van der Waals surface area contributed by atoms with E-state index in [1.807, 2.05) is 0 Å². The lowest BCUT2D eigenvalue weighted by atomic mass is 9.98. The van der Waals surface area contributed by atoms with Gasteiger partial charge in [-0.15, -0.1) is 16.9 Å². The molecule has 1 saturated heterocycles. The number of carboxylic acids is 1. The van der Waals surface area contributed by atoms with Gasteiger partial charge in [0, 0.05) is 30.6 Å². The third-order valence-electron chi connectivity index (χ3n) is 5.18. The van der Waals surface area contributed by atoms with Crippen LogP contribution in [0.5, 0.6) is 0 Å². The second-order valence-corrected chi connectivity index (χ2v) is 10.7. The number of carbonyl (C=O) groups is 3. The summed E-state index contributed by atoms with van der Waals surface area (Å²) in [6.45, 7) is 0. The van der Waals surface area contributed by atoms with Gasteiger partial charge in [0.15, 0.2) is 0 Å². The number of ether oxygens (including phenoxy) is 1. The van der Waals surface area contributed by atoms with E-state index in [-0.39, 0.29) is 17.2 Å². The Bertz CT molecular complexity index is 1190. The average Bonchev–Trinajstić information content (AvgIpc) is 3.25. The number of thioether (sulfide) groups is 2. The Labute approximate surface area is 204 Å². The van der Waals surface area contributed by atoms with E-state index in [9.17, 15) is 23.7 Å². The highest BCUT2D eigenvalue weighted by Crippen LogP contribution is 2.47. The number of methoxy groups -OCH3 is 1. The highest BCUT2D eigenvalue weighted by atomic mass is 32.2. The first-order chi connectivity index (χ1) is 16.3. The van der Waals surface area contributed by atoms with Crippen molar-refractivity contribution in [1.29, 1.82) is 0 Å². The van der Waals surface area contributed by atoms with E-state index in [2.05, 4.69) is 20.8 Å². The molecule has 2 amide bonds. The monoisotopic (exact) mass is 524 g/mol. The van der Waals surface area contributed by atoms with Gasteiger partial charge >= 0.3 is 5.97 Å². The normalized spacial score (nSPS) is 22.7. The van der Waals surface area contributed by atoms with Crippen LogP contribution in [-0.4, -0.2) is 87.7 Å². The van der Waals surface area contributed by atoms with Gasteiger partial charge in [0.05, 0.1) is 10.8 Å². The number of hydrogen-bond donors (Lipinski definition) is 2. The standard InChI is InChI=1S/C19H20N6O6S3/c1-24-18(21-22-23-24)33-9-11-8-32-17-19(31-2,16(29)25(17)14(11)15(27)28)20-13(26)10-34(30)12-6-4-3-5-7-12/h3-7,17H,8-10H2,1-2H3,(H,20,26)(H,27,28)/t17-,19+,34?/m1/s1. The Kier molecular flexibility index (Phi) is 7.06. The Morgan fingerprint density at radius 2 is 2.12 bits per heavy atom. The minimum absolute atomic E-state index is 0.147. The SMILES string of the molecule is CO[C@@]1(NC(=O)CS(=O)c2ccccc2)C(=O)N2C(C(=O)O)=C(CSc3nnnn3C)CS[C@@H]21. The maximum absolute atomic E-state index is 13.1. The lowest BCUT2D eigenvalue weighted by molar-refractivity contribution is -0.192. The maximum atomic E-state index is 13.1. The van der Waals surface area contributed by atoms with Gasteiger partial charge in [0.1, 0.15) is 16.8 Å². The van der Waals surface area contributed by atoms with Crippen molar-refractivity contribution < 1.29 is 28.4 Å². The summed E-state index contributed by atoms with van der Waals surface area (Å²) in [5, 5.41) is 23.3. The van der Waals surface area contributed by atoms with Crippen molar-refractivity contribution >= 4 is 52.1 Å². The quantitative estimate of drug-likeness (QED) is 0.255. The number of fused-ring (bicyclic) bond motifs is 1. The van der Waals surface area contributed by atoms with E-state index in [1.165, 1.54) is 35.3 Å². The molecule has 12 nitrogen and oxygen atoms in total. The summed E-state index contributed by atoms with van der Waals surface area (Å²) in [7, 11) is 1.32. The Balaban J connectivity index is 1.50. The molecule has 2 N–H and O–H groups in total. The zero-order valence-electron chi connectivity index (χ0n) is 18.0. The predicted octanol–water partition coefficient (Wildman–Crippen LogP) is -0.177. The molecule has 3 atom stereocenters. The number of carboxylic acid groups (broad SMARTS) is 1. The van der Waals surface area contributed by atoms with Crippen LogP contribution < -0.4 is 5.32 Å². The van der Waals surface area contributed by atoms with Crippen molar-refractivity contribution in [2.24, 2.45) is 7.05 Å². The molecule has 34 heavy (non-hydrogen) atoms. The van der Waals surface area contributed by atoms with Crippen molar-refractivity contribution in [2.75, 3.05) is 24.4 Å². The van der Waals surface area contributed by atoms with Crippen LogP contribution in [0.4, 0.5) is 0 Å². The number of β-lactam (4-membered cyclic amide) rings is 1. The summed E-state index contributed by atoms with van der Waals surface area (Å²) in [6.07, 6.45) is 0. The largest absolute Gasteiger partial charge is 0.477 e. The van der Waals surface area contributed by atoms with Crippen LogP contribution in [0.1, 0.15) is 0 Å². The molecule has 1 unspecified atom stereocenters. The molecule has 3 heterocycles. The molecule has 1 aromatic carbocycles. The smallest absolute Gasteiger partial charge is 0.352 e. The summed E-state index contributed by atoms with van der Waals surface area (Å²) >= 11 is 2.52. The second kappa shape index (κ2) is 9.85. The Morgan fingerprint density at radius 3 is 2.74 bits per heavy atom. The Hall–Kier alpha value is -2.75. The first-order valence-electron chi connectivity index (χ1n) is 9.83. The number of aliphatic carboxylic acids is 1. The summed E-state index contributed by atoms with van der Waals surface area (Å²) in [6, 6.07) is 8.48. The fourth-order valence-electron chi connectivity index (χ4n) is 3.57. The number of rotatable bonds is 9. The van der Waals surface area contributed by atoms with Crippen LogP contribution in [0.25, 0.3) is 0 Å². The van der Waals surface area contributed by atoms with Crippen molar-refractivity contribution in [3.05, 3.63) is 41.6 Å². The second-order valence-electron chi connectivity index (χ2n) is 7.26. The average molecular weight is 525 g/mol. The minimum atomic E-state index is -1.74. The number of tetrazole rings is 1. The van der Waals surface area contributed by atoms with Crippen LogP contribution in [0.2, 0.25) is 0 Å². The summed E-state index contributed by atoms with van der Waals surface area (Å²) in [5.41, 5.74) is -1.36. The molecule has 1 aromatic heterocycles. The van der Waals surface area contributed by atoms with Crippen molar-refractivity contribution in [1.82, 2.24) is 30.4 Å². The topological polar surface area (TPSA) is 157 Å². The molecule has 0 spiro atoms. The summed E-state index contributed by atoms with van der Waals surface area (Å²) in [5.74, 6) is -2.41. The van der Waals surface area contributed by atoms with Crippen molar-refractivity contribution in [2.45, 2.75) is 21.2 Å². The number of amides is 2. The first kappa shape index (κ1) is 24.4. The molecular formula is C19H20N6O6S3. The van der Waals surface area contributed by atoms with Crippen LogP contribution in [-0.2, 0) is 37.0 Å². The van der Waals surface area contributed by atoms with E-state index in [1.54, 1.807) is 37.4 Å². The van der Waals surface area contributed by atoms with Crippen LogP contribution >= 0.6 is 23.5 Å². The molecule has 0 bridgehead atoms. The molecule has 0 saturated carbocycles. The van der Waals surface area contributed by atoms with Gasteiger partial charge in [-0.1, -0.05) is 30.0 Å². The molecule has 0 radical (unpaired) electrons. The lowest BCUT2D eigenvalue weighted by Crippen LogP contribution is -2.80. The van der Waals surface area contributed by atoms with Gasteiger partial charge in [-0.25, -0.2) is 9.48 Å². The minimum Gasteiger partial charge on any atom is -0.477 e. The van der Waals surface area contributed by atoms with Gasteiger partial charge in [0.2, 0.25) is 11.1 Å². The third kappa shape index (κ3) is 4.35. The molecule has 2 aromatic rings. The lowest BCUT2D eigenvalue weighted by Gasteiger charge is -2.55. The van der Waals surface area contributed by atoms with E-state index in [4.69, 9.17) is 4.74 Å². The van der Waals surface area contributed by atoms with E-state index < -0.39 is 39.7 Å². The maximum Gasteiger partial charge on any atom is 0.352 e. The zero-order valence-corrected chi connectivity index (χ0v) is 20.5. The predicted molar refractivity (Wildman–Crippen MR) is 123 cm³/mol. The fraction of sp³-hybridized carbons (Fsp3) is 0.368. The molecule has 0 aliphatic carbocycles. The molecule has 15 heteroatoms. The Morgan fingerprint density at radius 1 is 1.38 bits per heavy atom. The van der Waals surface area contributed by atoms with Crippen molar-refractivity contribution in [3.8, 4) is 0 Å². The van der Waals surface area contributed by atoms with Gasteiger partial charge in [0.25, 0.3) is 11.6 Å². The van der Waals surface area contributed by atoms with Gasteiger partial charge in [-0.3, -0.25) is 18.7 Å². The molecule has 1 fully saturated rings. The molecule has 4 rings (SSSR count). The first-order valence-corrected chi connectivity index (χ1v) is 13.2. The number of aromatic nitrogens is 4.